The van der Waals surface area contributed by atoms with Gasteiger partial charge in [-0.1, -0.05) is 66.0 Å². The van der Waals surface area contributed by atoms with E-state index in [9.17, 15) is 18.0 Å². The van der Waals surface area contributed by atoms with Crippen LogP contribution in [0.5, 0.6) is 0 Å². The molecule has 2 amide bonds. The highest BCUT2D eigenvalue weighted by atomic mass is 35.5. The highest BCUT2D eigenvalue weighted by molar-refractivity contribution is 7.92. The second-order valence-corrected chi connectivity index (χ2v) is 12.6. The molecule has 40 heavy (non-hydrogen) atoms. The van der Waals surface area contributed by atoms with E-state index in [2.05, 4.69) is 5.32 Å². The molecule has 0 saturated heterocycles. The highest BCUT2D eigenvalue weighted by Crippen LogP contribution is 2.28. The molecule has 9 heteroatoms. The topological polar surface area (TPSA) is 86.8 Å². The number of anilines is 1. The summed E-state index contributed by atoms with van der Waals surface area (Å²) in [7, 11) is -4.11. The summed E-state index contributed by atoms with van der Waals surface area (Å²) in [5.74, 6) is -0.812. The van der Waals surface area contributed by atoms with Crippen molar-refractivity contribution >= 4 is 39.1 Å². The number of sulfonamides is 1. The zero-order valence-corrected chi connectivity index (χ0v) is 25.5. The summed E-state index contributed by atoms with van der Waals surface area (Å²) in [6, 6.07) is 18.0. The monoisotopic (exact) mass is 583 g/mol. The van der Waals surface area contributed by atoms with E-state index < -0.39 is 28.5 Å². The Morgan fingerprint density at radius 3 is 2.08 bits per heavy atom. The van der Waals surface area contributed by atoms with Crippen LogP contribution in [0.25, 0.3) is 0 Å². The van der Waals surface area contributed by atoms with E-state index in [1.165, 1.54) is 4.90 Å². The first kappa shape index (κ1) is 31.2. The van der Waals surface area contributed by atoms with Crippen LogP contribution in [-0.2, 0) is 26.2 Å². The minimum absolute atomic E-state index is 0.0731. The molecule has 0 bridgehead atoms. The third-order valence-corrected chi connectivity index (χ3v) is 8.97. The molecule has 0 aliphatic heterocycles. The van der Waals surface area contributed by atoms with Gasteiger partial charge in [0.1, 0.15) is 12.6 Å². The van der Waals surface area contributed by atoms with Gasteiger partial charge in [0.25, 0.3) is 10.0 Å². The Labute approximate surface area is 243 Å². The van der Waals surface area contributed by atoms with Gasteiger partial charge in [0, 0.05) is 17.6 Å². The van der Waals surface area contributed by atoms with Gasteiger partial charge >= 0.3 is 0 Å². The molecule has 2 atom stereocenters. The average molecular weight is 584 g/mol. The Balaban J connectivity index is 2.05. The number of nitrogens with one attached hydrogen (secondary N) is 1. The Kier molecular flexibility index (Phi) is 10.4. The molecule has 0 spiro atoms. The molecule has 0 unspecified atom stereocenters. The lowest BCUT2D eigenvalue weighted by molar-refractivity contribution is -0.139. The lowest BCUT2D eigenvalue weighted by Gasteiger charge is -2.33. The molecular weight excluding hydrogens is 546 g/mol. The van der Waals surface area contributed by atoms with Crippen LogP contribution in [0, 0.1) is 20.8 Å². The van der Waals surface area contributed by atoms with E-state index in [0.29, 0.717) is 10.7 Å². The second kappa shape index (κ2) is 13.3. The maximum atomic E-state index is 14.0. The SMILES string of the molecule is CC[C@H](C)NC(=O)[C@@H](C)N(Cc1ccc(Cl)cc1)C(=O)CN(c1ccc(C)cc1C)S(=O)(=O)c1ccc(C)cc1. The maximum absolute atomic E-state index is 14.0. The van der Waals surface area contributed by atoms with Crippen molar-refractivity contribution in [2.75, 3.05) is 10.8 Å². The van der Waals surface area contributed by atoms with Crippen LogP contribution in [0.15, 0.2) is 71.6 Å². The summed E-state index contributed by atoms with van der Waals surface area (Å²) in [5.41, 5.74) is 3.78. The van der Waals surface area contributed by atoms with Crippen molar-refractivity contribution in [2.45, 2.75) is 71.5 Å². The van der Waals surface area contributed by atoms with Crippen LogP contribution in [0.2, 0.25) is 5.02 Å². The number of hydrogen-bond donors (Lipinski definition) is 1. The predicted octanol–water partition coefficient (Wildman–Crippen LogP) is 5.79. The zero-order valence-electron chi connectivity index (χ0n) is 23.9. The van der Waals surface area contributed by atoms with Gasteiger partial charge in [-0.2, -0.15) is 0 Å². The first-order chi connectivity index (χ1) is 18.8. The van der Waals surface area contributed by atoms with E-state index in [1.54, 1.807) is 61.5 Å². The summed E-state index contributed by atoms with van der Waals surface area (Å²) in [4.78, 5) is 28.7. The smallest absolute Gasteiger partial charge is 0.264 e. The molecule has 0 aromatic heterocycles. The standard InChI is InChI=1S/C31H38ClN3O4S/c1-7-24(5)33-31(37)25(6)34(19-26-11-13-27(32)14-12-26)30(36)20-35(29-17-10-22(3)18-23(29)4)40(38,39)28-15-8-21(2)9-16-28/h8-18,24-25H,7,19-20H2,1-6H3,(H,33,37)/t24-,25+/m0/s1. The molecule has 0 aliphatic carbocycles. The molecule has 3 rings (SSSR count). The Morgan fingerprint density at radius 2 is 1.50 bits per heavy atom. The fourth-order valence-corrected chi connectivity index (χ4v) is 5.88. The first-order valence-electron chi connectivity index (χ1n) is 13.3. The van der Waals surface area contributed by atoms with Gasteiger partial charge in [0.15, 0.2) is 0 Å². The number of aryl methyl sites for hydroxylation is 3. The number of nitrogens with zero attached hydrogens (tertiary/aromatic N) is 2. The van der Waals surface area contributed by atoms with Gasteiger partial charge in [-0.3, -0.25) is 13.9 Å². The van der Waals surface area contributed by atoms with Crippen LogP contribution in [0.4, 0.5) is 5.69 Å². The molecule has 214 valence electrons. The lowest BCUT2D eigenvalue weighted by Crippen LogP contribution is -2.52. The Morgan fingerprint density at radius 1 is 0.900 bits per heavy atom. The minimum atomic E-state index is -4.11. The maximum Gasteiger partial charge on any atom is 0.264 e. The number of carbonyl (C=O) groups excluding carboxylic acids is 2. The Hall–Kier alpha value is -3.36. The number of benzene rings is 3. The third-order valence-electron chi connectivity index (χ3n) is 6.94. The molecule has 0 fully saturated rings. The van der Waals surface area contributed by atoms with Crippen molar-refractivity contribution in [2.24, 2.45) is 0 Å². The van der Waals surface area contributed by atoms with Crippen LogP contribution in [-0.4, -0.2) is 43.8 Å². The molecule has 1 N–H and O–H groups in total. The number of halogens is 1. The first-order valence-corrected chi connectivity index (χ1v) is 15.2. The van der Waals surface area contributed by atoms with Crippen molar-refractivity contribution < 1.29 is 18.0 Å². The Bertz CT molecular complexity index is 1440. The number of carbonyl (C=O) groups is 2. The summed E-state index contributed by atoms with van der Waals surface area (Å²) >= 11 is 6.06. The van der Waals surface area contributed by atoms with Crippen LogP contribution in [0.3, 0.4) is 0 Å². The largest absolute Gasteiger partial charge is 0.352 e. The fourth-order valence-electron chi connectivity index (χ4n) is 4.27. The van der Waals surface area contributed by atoms with Crippen molar-refractivity contribution in [3.8, 4) is 0 Å². The van der Waals surface area contributed by atoms with Crippen molar-refractivity contribution in [1.82, 2.24) is 10.2 Å². The molecule has 3 aromatic rings. The number of hydrogen-bond acceptors (Lipinski definition) is 4. The van der Waals surface area contributed by atoms with Crippen molar-refractivity contribution in [3.05, 3.63) is 94.0 Å². The van der Waals surface area contributed by atoms with E-state index in [4.69, 9.17) is 11.6 Å². The van der Waals surface area contributed by atoms with Crippen molar-refractivity contribution in [1.29, 1.82) is 0 Å². The molecular formula is C31H38ClN3O4S. The van der Waals surface area contributed by atoms with Crippen LogP contribution in [0.1, 0.15) is 49.4 Å². The normalized spacial score (nSPS) is 12.9. The summed E-state index contributed by atoms with van der Waals surface area (Å²) < 4.78 is 29.1. The van der Waals surface area contributed by atoms with Gasteiger partial charge in [0.2, 0.25) is 11.8 Å². The third kappa shape index (κ3) is 7.64. The van der Waals surface area contributed by atoms with Gasteiger partial charge in [-0.25, -0.2) is 8.42 Å². The molecule has 0 saturated carbocycles. The quantitative estimate of drug-likeness (QED) is 0.309. The summed E-state index contributed by atoms with van der Waals surface area (Å²) in [6.45, 7) is 10.8. The van der Waals surface area contributed by atoms with E-state index in [-0.39, 0.29) is 23.4 Å². The van der Waals surface area contributed by atoms with Gasteiger partial charge in [-0.05, 0) is 82.5 Å². The second-order valence-electron chi connectivity index (χ2n) is 10.3. The number of amides is 2. The van der Waals surface area contributed by atoms with Gasteiger partial charge < -0.3 is 10.2 Å². The van der Waals surface area contributed by atoms with E-state index in [1.807, 2.05) is 46.8 Å². The average Bonchev–Trinajstić information content (AvgIpc) is 2.91. The van der Waals surface area contributed by atoms with Gasteiger partial charge in [0.05, 0.1) is 10.6 Å². The van der Waals surface area contributed by atoms with E-state index >= 15 is 0 Å². The molecule has 7 nitrogen and oxygen atoms in total. The summed E-state index contributed by atoms with van der Waals surface area (Å²) in [5, 5.41) is 3.49. The minimum Gasteiger partial charge on any atom is -0.352 e. The van der Waals surface area contributed by atoms with Gasteiger partial charge in [-0.15, -0.1) is 0 Å². The zero-order chi connectivity index (χ0) is 29.6. The van der Waals surface area contributed by atoms with Crippen LogP contribution < -0.4 is 9.62 Å². The molecule has 0 aliphatic rings. The molecule has 0 heterocycles. The summed E-state index contributed by atoms with van der Waals surface area (Å²) in [6.07, 6.45) is 0.735. The van der Waals surface area contributed by atoms with Crippen LogP contribution >= 0.6 is 11.6 Å². The number of rotatable bonds is 11. The molecule has 3 aromatic carbocycles. The highest BCUT2D eigenvalue weighted by Gasteiger charge is 2.33. The lowest BCUT2D eigenvalue weighted by atomic mass is 10.1. The van der Waals surface area contributed by atoms with E-state index in [0.717, 1.165) is 33.0 Å². The fraction of sp³-hybridized carbons (Fsp3) is 0.355. The van der Waals surface area contributed by atoms with Crippen molar-refractivity contribution in [3.63, 3.8) is 0 Å². The molecule has 0 radical (unpaired) electrons. The predicted molar refractivity (Wildman–Crippen MR) is 161 cm³/mol.